The highest BCUT2D eigenvalue weighted by atomic mass is 35.5. The van der Waals surface area contributed by atoms with E-state index in [9.17, 15) is 4.79 Å². The molecular formula is C19H14Cl3NO3. The first-order valence-corrected chi connectivity index (χ1v) is 9.08. The second-order valence-electron chi connectivity index (χ2n) is 6.25. The van der Waals surface area contributed by atoms with E-state index in [1.54, 1.807) is 31.2 Å². The van der Waals surface area contributed by atoms with Crippen molar-refractivity contribution < 1.29 is 9.15 Å². The van der Waals surface area contributed by atoms with E-state index in [1.165, 1.54) is 0 Å². The summed E-state index contributed by atoms with van der Waals surface area (Å²) < 4.78 is 11.4. The zero-order valence-corrected chi connectivity index (χ0v) is 16.3. The Bertz CT molecular complexity index is 1110. The number of fused-ring (bicyclic) bond motifs is 3. The monoisotopic (exact) mass is 409 g/mol. The van der Waals surface area contributed by atoms with Gasteiger partial charge in [-0.1, -0.05) is 34.8 Å². The first kappa shape index (κ1) is 17.5. The summed E-state index contributed by atoms with van der Waals surface area (Å²) in [5.41, 5.74) is 3.00. The van der Waals surface area contributed by atoms with E-state index in [2.05, 4.69) is 0 Å². The lowest BCUT2D eigenvalue weighted by Crippen LogP contribution is -2.32. The van der Waals surface area contributed by atoms with E-state index in [1.807, 2.05) is 11.8 Å². The summed E-state index contributed by atoms with van der Waals surface area (Å²) in [6.45, 7) is 4.31. The normalized spacial score (nSPS) is 13.7. The van der Waals surface area contributed by atoms with Gasteiger partial charge in [-0.05, 0) is 43.7 Å². The van der Waals surface area contributed by atoms with E-state index in [4.69, 9.17) is 44.0 Å². The second-order valence-corrected chi connectivity index (χ2v) is 7.50. The van der Waals surface area contributed by atoms with E-state index in [0.717, 1.165) is 22.2 Å². The molecule has 1 aliphatic rings. The van der Waals surface area contributed by atoms with Gasteiger partial charge in [0.1, 0.15) is 11.3 Å². The van der Waals surface area contributed by atoms with Crippen LogP contribution in [0.4, 0.5) is 5.69 Å². The van der Waals surface area contributed by atoms with E-state index < -0.39 is 0 Å². The average Bonchev–Trinajstić information content (AvgIpc) is 2.63. The average molecular weight is 411 g/mol. The van der Waals surface area contributed by atoms with Crippen LogP contribution in [0.25, 0.3) is 11.0 Å². The molecule has 2 heterocycles. The number of anilines is 1. The molecule has 0 unspecified atom stereocenters. The molecule has 4 nitrogen and oxygen atoms in total. The Kier molecular flexibility index (Phi) is 4.30. The fraction of sp³-hybridized carbons (Fsp3) is 0.211. The molecule has 0 bridgehead atoms. The van der Waals surface area contributed by atoms with Crippen LogP contribution in [0, 0.1) is 13.8 Å². The Morgan fingerprint density at radius 3 is 2.58 bits per heavy atom. The van der Waals surface area contributed by atoms with Gasteiger partial charge in [-0.2, -0.15) is 0 Å². The van der Waals surface area contributed by atoms with Gasteiger partial charge in [-0.15, -0.1) is 0 Å². The molecule has 0 saturated heterocycles. The van der Waals surface area contributed by atoms with Gasteiger partial charge < -0.3 is 14.1 Å². The molecule has 1 aromatic heterocycles. The van der Waals surface area contributed by atoms with Crippen molar-refractivity contribution >= 4 is 51.5 Å². The lowest BCUT2D eigenvalue weighted by molar-refractivity contribution is 0.289. The van der Waals surface area contributed by atoms with Gasteiger partial charge in [0, 0.05) is 16.0 Å². The fourth-order valence-electron chi connectivity index (χ4n) is 3.15. The van der Waals surface area contributed by atoms with Crippen molar-refractivity contribution in [1.82, 2.24) is 0 Å². The standard InChI is InChI=1S/C19H14Cl3NO3/c1-9-10(2)19(24)26-17-12(9)6-15(22)18-13(17)7-23(8-25-18)16-5-11(20)3-4-14(16)21/h3-6H,7-8H2,1-2H3. The van der Waals surface area contributed by atoms with E-state index in [-0.39, 0.29) is 12.4 Å². The third-order valence-electron chi connectivity index (χ3n) is 4.71. The van der Waals surface area contributed by atoms with Gasteiger partial charge in [0.05, 0.1) is 27.8 Å². The Balaban J connectivity index is 1.92. The van der Waals surface area contributed by atoms with Crippen LogP contribution in [0.3, 0.4) is 0 Å². The number of hydrogen-bond donors (Lipinski definition) is 0. The molecule has 0 saturated carbocycles. The van der Waals surface area contributed by atoms with Crippen molar-refractivity contribution in [2.24, 2.45) is 0 Å². The molecule has 0 fully saturated rings. The molecule has 4 rings (SSSR count). The Hall–Kier alpha value is -1.88. The van der Waals surface area contributed by atoms with E-state index >= 15 is 0 Å². The molecule has 0 aliphatic carbocycles. The van der Waals surface area contributed by atoms with Crippen molar-refractivity contribution in [3.05, 3.63) is 66.4 Å². The van der Waals surface area contributed by atoms with Crippen molar-refractivity contribution in [3.63, 3.8) is 0 Å². The molecule has 0 radical (unpaired) electrons. The van der Waals surface area contributed by atoms with Crippen LogP contribution >= 0.6 is 34.8 Å². The SMILES string of the molecule is Cc1c(C)c2cc(Cl)c3c(c2oc1=O)CN(c1cc(Cl)ccc1Cl)CO3. The number of hydrogen-bond acceptors (Lipinski definition) is 4. The number of ether oxygens (including phenoxy) is 1. The number of nitrogens with zero attached hydrogens (tertiary/aromatic N) is 1. The minimum absolute atomic E-state index is 0.257. The molecular weight excluding hydrogens is 397 g/mol. The number of aryl methyl sites for hydroxylation is 1. The summed E-state index contributed by atoms with van der Waals surface area (Å²) in [6.07, 6.45) is 0. The summed E-state index contributed by atoms with van der Waals surface area (Å²) >= 11 is 18.9. The van der Waals surface area contributed by atoms with Crippen molar-refractivity contribution in [2.45, 2.75) is 20.4 Å². The summed E-state index contributed by atoms with van der Waals surface area (Å²) in [6, 6.07) is 7.02. The Morgan fingerprint density at radius 2 is 1.81 bits per heavy atom. The maximum atomic E-state index is 12.2. The molecule has 0 N–H and O–H groups in total. The lowest BCUT2D eigenvalue weighted by Gasteiger charge is -2.32. The quantitative estimate of drug-likeness (QED) is 0.481. The number of benzene rings is 2. The van der Waals surface area contributed by atoms with Gasteiger partial charge >= 0.3 is 5.63 Å². The molecule has 0 atom stereocenters. The molecule has 0 amide bonds. The predicted molar refractivity (Wildman–Crippen MR) is 105 cm³/mol. The molecule has 0 spiro atoms. The third kappa shape index (κ3) is 2.73. The van der Waals surface area contributed by atoms with Crippen molar-refractivity contribution in [1.29, 1.82) is 0 Å². The first-order chi connectivity index (χ1) is 12.4. The highest BCUT2D eigenvalue weighted by molar-refractivity contribution is 6.35. The van der Waals surface area contributed by atoms with Crippen LogP contribution < -0.4 is 15.3 Å². The second kappa shape index (κ2) is 6.38. The zero-order valence-electron chi connectivity index (χ0n) is 14.0. The molecule has 26 heavy (non-hydrogen) atoms. The molecule has 2 aromatic carbocycles. The fourth-order valence-corrected chi connectivity index (χ4v) is 3.83. The highest BCUT2D eigenvalue weighted by Gasteiger charge is 2.26. The largest absolute Gasteiger partial charge is 0.471 e. The third-order valence-corrected chi connectivity index (χ3v) is 5.55. The van der Waals surface area contributed by atoms with Crippen LogP contribution in [0.2, 0.25) is 15.1 Å². The smallest absolute Gasteiger partial charge is 0.339 e. The minimum Gasteiger partial charge on any atom is -0.471 e. The molecule has 7 heteroatoms. The van der Waals surface area contributed by atoms with Gasteiger partial charge in [0.2, 0.25) is 0 Å². The predicted octanol–water partition coefficient (Wildman–Crippen LogP) is 5.73. The maximum absolute atomic E-state index is 12.2. The maximum Gasteiger partial charge on any atom is 0.339 e. The van der Waals surface area contributed by atoms with Crippen LogP contribution in [0.15, 0.2) is 33.5 Å². The summed E-state index contributed by atoms with van der Waals surface area (Å²) in [5, 5.41) is 2.42. The minimum atomic E-state index is -0.363. The van der Waals surface area contributed by atoms with Crippen molar-refractivity contribution in [2.75, 3.05) is 11.6 Å². The summed E-state index contributed by atoms with van der Waals surface area (Å²) in [5.74, 6) is 0.528. The Morgan fingerprint density at radius 1 is 1.04 bits per heavy atom. The molecule has 134 valence electrons. The summed E-state index contributed by atoms with van der Waals surface area (Å²) in [4.78, 5) is 14.1. The van der Waals surface area contributed by atoms with Gasteiger partial charge in [-0.3, -0.25) is 0 Å². The zero-order chi connectivity index (χ0) is 18.6. The van der Waals surface area contributed by atoms with Gasteiger partial charge in [0.15, 0.2) is 6.73 Å². The molecule has 1 aliphatic heterocycles. The number of halogens is 3. The van der Waals surface area contributed by atoms with Crippen LogP contribution in [0.5, 0.6) is 5.75 Å². The van der Waals surface area contributed by atoms with Crippen LogP contribution in [0.1, 0.15) is 16.7 Å². The van der Waals surface area contributed by atoms with Gasteiger partial charge in [-0.25, -0.2) is 4.79 Å². The van der Waals surface area contributed by atoms with Crippen molar-refractivity contribution in [3.8, 4) is 5.75 Å². The first-order valence-electron chi connectivity index (χ1n) is 7.95. The van der Waals surface area contributed by atoms with Gasteiger partial charge in [0.25, 0.3) is 0 Å². The van der Waals surface area contributed by atoms with E-state index in [0.29, 0.717) is 38.5 Å². The molecule has 3 aromatic rings. The summed E-state index contributed by atoms with van der Waals surface area (Å²) in [7, 11) is 0. The van der Waals surface area contributed by atoms with Crippen LogP contribution in [-0.2, 0) is 6.54 Å². The Labute approximate surface area is 164 Å². The lowest BCUT2D eigenvalue weighted by atomic mass is 10.0. The number of rotatable bonds is 1. The van der Waals surface area contributed by atoms with Crippen LogP contribution in [-0.4, -0.2) is 6.73 Å². The highest BCUT2D eigenvalue weighted by Crippen LogP contribution is 2.41. The topological polar surface area (TPSA) is 42.7 Å².